The van der Waals surface area contributed by atoms with Gasteiger partial charge in [0.15, 0.2) is 10.6 Å². The minimum absolute atomic E-state index is 0.219. The Bertz CT molecular complexity index is 921. The van der Waals surface area contributed by atoms with Gasteiger partial charge in [0.25, 0.3) is 0 Å². The van der Waals surface area contributed by atoms with Crippen LogP contribution in [0, 0.1) is 5.82 Å². The summed E-state index contributed by atoms with van der Waals surface area (Å²) in [6.45, 7) is 4.78. The van der Waals surface area contributed by atoms with Crippen LogP contribution in [-0.2, 0) is 13.0 Å². The molecule has 1 aromatic carbocycles. The van der Waals surface area contributed by atoms with Gasteiger partial charge in [-0.25, -0.2) is 4.39 Å². The number of aryl methyl sites for hydroxylation is 1. The van der Waals surface area contributed by atoms with Gasteiger partial charge in [0, 0.05) is 11.4 Å². The predicted octanol–water partition coefficient (Wildman–Crippen LogP) is 4.66. The summed E-state index contributed by atoms with van der Waals surface area (Å²) in [6.07, 6.45) is 3.31. The molecule has 4 nitrogen and oxygen atoms in total. The smallest absolute Gasteiger partial charge is 0.315 e. The Labute approximate surface area is 149 Å². The van der Waals surface area contributed by atoms with E-state index < -0.39 is 5.91 Å². The van der Waals surface area contributed by atoms with Crippen molar-refractivity contribution in [3.63, 3.8) is 0 Å². The average molecular weight is 358 g/mol. The average Bonchev–Trinajstić information content (AvgIpc) is 3.24. The minimum atomic E-state index is -0.401. The van der Waals surface area contributed by atoms with Crippen LogP contribution < -0.4 is 4.80 Å². The molecule has 6 heteroatoms. The van der Waals surface area contributed by atoms with Crippen LogP contribution in [0.4, 0.5) is 4.39 Å². The number of halogens is 1. The number of carbonyl (C=O) groups is 1. The zero-order valence-electron chi connectivity index (χ0n) is 14.2. The van der Waals surface area contributed by atoms with Gasteiger partial charge in [-0.1, -0.05) is 13.3 Å². The number of hydrogen-bond donors (Lipinski definition) is 0. The molecular weight excluding hydrogens is 339 g/mol. The van der Waals surface area contributed by atoms with E-state index >= 15 is 0 Å². The summed E-state index contributed by atoms with van der Waals surface area (Å²) in [5.74, 6) is -0.449. The zero-order chi connectivity index (χ0) is 17.8. The topological polar surface area (TPSA) is 47.5 Å². The quantitative estimate of drug-likeness (QED) is 0.666. The molecule has 0 saturated heterocycles. The summed E-state index contributed by atoms with van der Waals surface area (Å²) in [4.78, 5) is 18.3. The van der Waals surface area contributed by atoms with E-state index in [1.54, 1.807) is 24.3 Å². The molecule has 3 rings (SSSR count). The Kier molecular flexibility index (Phi) is 5.28. The summed E-state index contributed by atoms with van der Waals surface area (Å²) in [5.41, 5.74) is 1.93. The first-order valence-corrected chi connectivity index (χ1v) is 9.06. The van der Waals surface area contributed by atoms with E-state index in [4.69, 9.17) is 4.42 Å². The second-order valence-corrected chi connectivity index (χ2v) is 6.61. The molecule has 0 fully saturated rings. The fourth-order valence-electron chi connectivity index (χ4n) is 2.70. The van der Waals surface area contributed by atoms with Gasteiger partial charge in [-0.15, -0.1) is 11.3 Å². The number of benzene rings is 1. The van der Waals surface area contributed by atoms with Crippen LogP contribution in [0.25, 0.3) is 11.3 Å². The summed E-state index contributed by atoms with van der Waals surface area (Å²) in [5, 5.41) is 0. The van der Waals surface area contributed by atoms with Crippen LogP contribution in [0.1, 0.15) is 35.7 Å². The lowest BCUT2D eigenvalue weighted by molar-refractivity contribution is 0.0971. The van der Waals surface area contributed by atoms with Crippen LogP contribution >= 0.6 is 11.3 Å². The van der Waals surface area contributed by atoms with Gasteiger partial charge >= 0.3 is 5.91 Å². The van der Waals surface area contributed by atoms with E-state index in [0.717, 1.165) is 29.0 Å². The van der Waals surface area contributed by atoms with Crippen molar-refractivity contribution < 1.29 is 13.6 Å². The Morgan fingerprint density at radius 2 is 2.00 bits per heavy atom. The molecule has 1 amide bonds. The second kappa shape index (κ2) is 7.61. The third-order valence-corrected chi connectivity index (χ3v) is 4.96. The van der Waals surface area contributed by atoms with Gasteiger partial charge in [0.1, 0.15) is 5.82 Å². The lowest BCUT2D eigenvalue weighted by atomic mass is 10.1. The molecule has 0 unspecified atom stereocenters. The standard InChI is InChI=1S/C19H19FN2O2S/c1-3-6-16-17(13-8-10-14(20)11-9-13)22(4-2)19(25-16)21-18(23)15-7-5-12-24-15/h5,7-12H,3-4,6H2,1-2H3. The predicted molar refractivity (Wildman–Crippen MR) is 96.0 cm³/mol. The monoisotopic (exact) mass is 358 g/mol. The molecule has 0 atom stereocenters. The van der Waals surface area contributed by atoms with Crippen molar-refractivity contribution >= 4 is 17.2 Å². The van der Waals surface area contributed by atoms with Crippen LogP contribution in [0.15, 0.2) is 52.1 Å². The fourth-order valence-corrected chi connectivity index (χ4v) is 4.01. The number of furan rings is 1. The molecule has 3 aromatic rings. The highest BCUT2D eigenvalue weighted by Gasteiger charge is 2.16. The maximum atomic E-state index is 13.3. The van der Waals surface area contributed by atoms with Crippen LogP contribution in [0.2, 0.25) is 0 Å². The van der Waals surface area contributed by atoms with Gasteiger partial charge in [0.2, 0.25) is 0 Å². The van der Waals surface area contributed by atoms with E-state index in [9.17, 15) is 9.18 Å². The Morgan fingerprint density at radius 1 is 1.24 bits per heavy atom. The first-order chi connectivity index (χ1) is 12.1. The van der Waals surface area contributed by atoms with Crippen molar-refractivity contribution in [1.29, 1.82) is 0 Å². The highest BCUT2D eigenvalue weighted by Crippen LogP contribution is 2.27. The van der Waals surface area contributed by atoms with Gasteiger partial charge in [-0.2, -0.15) is 4.99 Å². The number of thiazole rings is 1. The SMILES string of the molecule is CCCc1sc(=NC(=O)c2ccco2)n(CC)c1-c1ccc(F)cc1. The highest BCUT2D eigenvalue weighted by atomic mass is 32.1. The number of amides is 1. The van der Waals surface area contributed by atoms with Crippen molar-refractivity contribution in [3.05, 3.63) is 63.9 Å². The highest BCUT2D eigenvalue weighted by molar-refractivity contribution is 7.09. The molecule has 25 heavy (non-hydrogen) atoms. The molecule has 0 bridgehead atoms. The summed E-state index contributed by atoms with van der Waals surface area (Å²) < 4.78 is 20.4. The van der Waals surface area contributed by atoms with Crippen molar-refractivity contribution in [3.8, 4) is 11.3 Å². The molecule has 0 N–H and O–H groups in total. The molecule has 0 saturated carbocycles. The summed E-state index contributed by atoms with van der Waals surface area (Å²) >= 11 is 1.50. The van der Waals surface area contributed by atoms with Gasteiger partial charge in [0.05, 0.1) is 12.0 Å². The Morgan fingerprint density at radius 3 is 2.60 bits per heavy atom. The third kappa shape index (κ3) is 3.64. The fraction of sp³-hybridized carbons (Fsp3) is 0.263. The molecule has 0 aliphatic carbocycles. The maximum Gasteiger partial charge on any atom is 0.315 e. The summed E-state index contributed by atoms with van der Waals surface area (Å²) in [6, 6.07) is 9.70. The van der Waals surface area contributed by atoms with E-state index in [1.807, 2.05) is 11.5 Å². The van der Waals surface area contributed by atoms with Crippen molar-refractivity contribution in [1.82, 2.24) is 4.57 Å². The summed E-state index contributed by atoms with van der Waals surface area (Å²) in [7, 11) is 0. The van der Waals surface area contributed by atoms with Crippen LogP contribution in [0.5, 0.6) is 0 Å². The van der Waals surface area contributed by atoms with Gasteiger partial charge < -0.3 is 8.98 Å². The van der Waals surface area contributed by atoms with Gasteiger partial charge in [-0.05, 0) is 55.3 Å². The number of carbonyl (C=O) groups excluding carboxylic acids is 1. The number of hydrogen-bond acceptors (Lipinski definition) is 3. The van der Waals surface area contributed by atoms with Crippen LogP contribution in [0.3, 0.4) is 0 Å². The third-order valence-electron chi connectivity index (χ3n) is 3.82. The molecule has 0 aliphatic rings. The van der Waals surface area contributed by atoms with E-state index in [-0.39, 0.29) is 11.6 Å². The van der Waals surface area contributed by atoms with Crippen molar-refractivity contribution in [2.24, 2.45) is 4.99 Å². The molecular formula is C19H19FN2O2S. The normalized spacial score (nSPS) is 11.9. The van der Waals surface area contributed by atoms with E-state index in [0.29, 0.717) is 11.3 Å². The molecule has 0 spiro atoms. The van der Waals surface area contributed by atoms with Crippen LogP contribution in [-0.4, -0.2) is 10.5 Å². The first-order valence-electron chi connectivity index (χ1n) is 8.25. The maximum absolute atomic E-state index is 13.3. The van der Waals surface area contributed by atoms with Crippen molar-refractivity contribution in [2.75, 3.05) is 0 Å². The second-order valence-electron chi connectivity index (χ2n) is 5.55. The first kappa shape index (κ1) is 17.4. The number of rotatable bonds is 5. The molecule has 0 radical (unpaired) electrons. The van der Waals surface area contributed by atoms with E-state index in [1.165, 1.54) is 29.7 Å². The van der Waals surface area contributed by atoms with Crippen molar-refractivity contribution in [2.45, 2.75) is 33.2 Å². The van der Waals surface area contributed by atoms with E-state index in [2.05, 4.69) is 11.9 Å². The molecule has 2 heterocycles. The molecule has 130 valence electrons. The Balaban J connectivity index is 2.15. The molecule has 2 aromatic heterocycles. The molecule has 0 aliphatic heterocycles. The Hall–Kier alpha value is -2.47. The largest absolute Gasteiger partial charge is 0.459 e. The lowest BCUT2D eigenvalue weighted by Crippen LogP contribution is -2.17. The van der Waals surface area contributed by atoms with Gasteiger partial charge in [-0.3, -0.25) is 4.79 Å². The lowest BCUT2D eigenvalue weighted by Gasteiger charge is -2.09. The number of aromatic nitrogens is 1. The zero-order valence-corrected chi connectivity index (χ0v) is 15.0. The number of nitrogens with zero attached hydrogens (tertiary/aromatic N) is 2. The minimum Gasteiger partial charge on any atom is -0.459 e.